The molecule has 1 fully saturated rings. The van der Waals surface area contributed by atoms with Crippen molar-refractivity contribution in [1.82, 2.24) is 9.88 Å². The lowest BCUT2D eigenvalue weighted by molar-refractivity contribution is -0.139. The minimum absolute atomic E-state index is 0.0644. The first-order valence-corrected chi connectivity index (χ1v) is 8.06. The van der Waals surface area contributed by atoms with Crippen molar-refractivity contribution in [3.05, 3.63) is 58.9 Å². The molecule has 6 heteroatoms. The summed E-state index contributed by atoms with van der Waals surface area (Å²) in [6.07, 6.45) is 1.84. The Balaban J connectivity index is 1.64. The lowest BCUT2D eigenvalue weighted by Gasteiger charge is -2.16. The Kier molecular flexibility index (Phi) is 4.81. The van der Waals surface area contributed by atoms with Crippen LogP contribution >= 0.6 is 11.6 Å². The average Bonchev–Trinajstić information content (AvgIpc) is 2.93. The zero-order chi connectivity index (χ0) is 17.1. The van der Waals surface area contributed by atoms with Gasteiger partial charge in [-0.05, 0) is 36.8 Å². The molecule has 0 aliphatic carbocycles. The van der Waals surface area contributed by atoms with Gasteiger partial charge < -0.3 is 9.64 Å². The Labute approximate surface area is 145 Å². The molecule has 5 nitrogen and oxygen atoms in total. The van der Waals surface area contributed by atoms with E-state index in [-0.39, 0.29) is 12.3 Å². The van der Waals surface area contributed by atoms with Crippen molar-refractivity contribution in [2.75, 3.05) is 6.54 Å². The molecule has 0 bridgehead atoms. The number of rotatable bonds is 4. The van der Waals surface area contributed by atoms with Crippen LogP contribution in [0.4, 0.5) is 0 Å². The quantitative estimate of drug-likeness (QED) is 0.632. The maximum atomic E-state index is 12.4. The van der Waals surface area contributed by atoms with Crippen molar-refractivity contribution >= 4 is 23.5 Å². The SMILES string of the molecule is Cc1ccc(Cl)cc1OC(=O)[C@@H]1CC(=O)N(Cc2ccccn2)C1. The Morgan fingerprint density at radius 1 is 1.38 bits per heavy atom. The monoisotopic (exact) mass is 344 g/mol. The molecule has 24 heavy (non-hydrogen) atoms. The molecule has 1 atom stereocenters. The predicted octanol–water partition coefficient (Wildman–Crippen LogP) is 3.00. The van der Waals surface area contributed by atoms with Gasteiger partial charge in [0.2, 0.25) is 5.91 Å². The minimum atomic E-state index is -0.473. The molecular weight excluding hydrogens is 328 g/mol. The average molecular weight is 345 g/mol. The maximum absolute atomic E-state index is 12.4. The van der Waals surface area contributed by atoms with Gasteiger partial charge in [0.05, 0.1) is 18.2 Å². The van der Waals surface area contributed by atoms with Gasteiger partial charge in [-0.25, -0.2) is 0 Å². The van der Waals surface area contributed by atoms with Gasteiger partial charge in [-0.3, -0.25) is 14.6 Å². The number of nitrogens with zero attached hydrogens (tertiary/aromatic N) is 2. The summed E-state index contributed by atoms with van der Waals surface area (Å²) in [6.45, 7) is 2.58. The van der Waals surface area contributed by atoms with Gasteiger partial charge in [0.1, 0.15) is 5.75 Å². The highest BCUT2D eigenvalue weighted by atomic mass is 35.5. The third-order valence-corrected chi connectivity index (χ3v) is 4.22. The molecule has 2 aromatic rings. The summed E-state index contributed by atoms with van der Waals surface area (Å²) in [6, 6.07) is 10.7. The lowest BCUT2D eigenvalue weighted by atomic mass is 10.1. The van der Waals surface area contributed by atoms with Crippen LogP contribution in [-0.2, 0) is 16.1 Å². The van der Waals surface area contributed by atoms with Crippen LogP contribution < -0.4 is 4.74 Å². The highest BCUT2D eigenvalue weighted by Crippen LogP contribution is 2.26. The summed E-state index contributed by atoms with van der Waals surface area (Å²) >= 11 is 5.94. The smallest absolute Gasteiger partial charge is 0.316 e. The number of benzene rings is 1. The first kappa shape index (κ1) is 16.5. The van der Waals surface area contributed by atoms with E-state index in [1.165, 1.54) is 0 Å². The Hall–Kier alpha value is -2.40. The Morgan fingerprint density at radius 3 is 2.96 bits per heavy atom. The van der Waals surface area contributed by atoms with Crippen molar-refractivity contribution in [1.29, 1.82) is 0 Å². The van der Waals surface area contributed by atoms with Crippen LogP contribution in [0.2, 0.25) is 5.02 Å². The number of likely N-dealkylation sites (tertiary alicyclic amines) is 1. The van der Waals surface area contributed by atoms with Gasteiger partial charge in [-0.2, -0.15) is 0 Å². The highest BCUT2D eigenvalue weighted by Gasteiger charge is 2.35. The number of aryl methyl sites for hydroxylation is 1. The second-order valence-electron chi connectivity index (χ2n) is 5.83. The summed E-state index contributed by atoms with van der Waals surface area (Å²) in [7, 11) is 0. The van der Waals surface area contributed by atoms with Crippen LogP contribution in [0.3, 0.4) is 0 Å². The molecule has 1 saturated heterocycles. The first-order chi connectivity index (χ1) is 11.5. The molecule has 124 valence electrons. The fourth-order valence-electron chi connectivity index (χ4n) is 2.65. The third kappa shape index (κ3) is 3.74. The van der Waals surface area contributed by atoms with Crippen LogP contribution in [0.25, 0.3) is 0 Å². The van der Waals surface area contributed by atoms with Gasteiger partial charge in [0.25, 0.3) is 0 Å². The van der Waals surface area contributed by atoms with Gasteiger partial charge in [-0.1, -0.05) is 23.7 Å². The maximum Gasteiger partial charge on any atom is 0.316 e. The van der Waals surface area contributed by atoms with E-state index in [4.69, 9.17) is 16.3 Å². The minimum Gasteiger partial charge on any atom is -0.426 e. The Morgan fingerprint density at radius 2 is 2.21 bits per heavy atom. The van der Waals surface area contributed by atoms with Crippen molar-refractivity contribution < 1.29 is 14.3 Å². The van der Waals surface area contributed by atoms with E-state index in [1.807, 2.05) is 25.1 Å². The van der Waals surface area contributed by atoms with Crippen molar-refractivity contribution in [3.63, 3.8) is 0 Å². The molecule has 1 amide bonds. The van der Waals surface area contributed by atoms with E-state index in [0.717, 1.165) is 11.3 Å². The molecule has 1 aromatic heterocycles. The highest BCUT2D eigenvalue weighted by molar-refractivity contribution is 6.30. The molecule has 0 spiro atoms. The molecule has 1 aliphatic heterocycles. The molecule has 0 radical (unpaired) electrons. The summed E-state index contributed by atoms with van der Waals surface area (Å²) in [4.78, 5) is 30.3. The summed E-state index contributed by atoms with van der Waals surface area (Å²) in [5.74, 6) is -0.509. The normalized spacial score (nSPS) is 17.2. The number of hydrogen-bond acceptors (Lipinski definition) is 4. The van der Waals surface area contributed by atoms with E-state index < -0.39 is 11.9 Å². The molecular formula is C18H17ClN2O3. The van der Waals surface area contributed by atoms with Crippen molar-refractivity contribution in [3.8, 4) is 5.75 Å². The lowest BCUT2D eigenvalue weighted by Crippen LogP contribution is -2.27. The van der Waals surface area contributed by atoms with E-state index in [1.54, 1.807) is 29.3 Å². The zero-order valence-corrected chi connectivity index (χ0v) is 14.0. The van der Waals surface area contributed by atoms with E-state index in [2.05, 4.69) is 4.98 Å². The van der Waals surface area contributed by atoms with E-state index in [0.29, 0.717) is 23.9 Å². The molecule has 1 aromatic carbocycles. The van der Waals surface area contributed by atoms with Crippen LogP contribution in [-0.4, -0.2) is 28.3 Å². The summed E-state index contributed by atoms with van der Waals surface area (Å²) in [5.41, 5.74) is 1.62. The van der Waals surface area contributed by atoms with E-state index in [9.17, 15) is 9.59 Å². The molecule has 0 saturated carbocycles. The molecule has 0 unspecified atom stereocenters. The topological polar surface area (TPSA) is 59.5 Å². The predicted molar refractivity (Wildman–Crippen MR) is 89.6 cm³/mol. The first-order valence-electron chi connectivity index (χ1n) is 7.68. The second-order valence-corrected chi connectivity index (χ2v) is 6.26. The number of carbonyl (C=O) groups excluding carboxylic acids is 2. The standard InChI is InChI=1S/C18H17ClN2O3/c1-12-5-6-14(19)9-16(12)24-18(23)13-8-17(22)21(10-13)11-15-4-2-3-7-20-15/h2-7,9,13H,8,10-11H2,1H3/t13-/m1/s1. The molecule has 1 aliphatic rings. The van der Waals surface area contributed by atoms with Crippen LogP contribution in [0.1, 0.15) is 17.7 Å². The number of aromatic nitrogens is 1. The van der Waals surface area contributed by atoms with Crippen molar-refractivity contribution in [2.24, 2.45) is 5.92 Å². The van der Waals surface area contributed by atoms with Gasteiger partial charge >= 0.3 is 5.97 Å². The Bertz CT molecular complexity index is 764. The van der Waals surface area contributed by atoms with Crippen LogP contribution in [0.5, 0.6) is 5.75 Å². The number of esters is 1. The fraction of sp³-hybridized carbons (Fsp3) is 0.278. The number of pyridine rings is 1. The van der Waals surface area contributed by atoms with Crippen LogP contribution in [0.15, 0.2) is 42.6 Å². The third-order valence-electron chi connectivity index (χ3n) is 3.99. The van der Waals surface area contributed by atoms with Gasteiger partial charge in [0.15, 0.2) is 0 Å². The molecule has 2 heterocycles. The van der Waals surface area contributed by atoms with Gasteiger partial charge in [0, 0.05) is 24.2 Å². The molecule has 3 rings (SSSR count). The summed E-state index contributed by atoms with van der Waals surface area (Å²) < 4.78 is 5.44. The number of amides is 1. The fourth-order valence-corrected chi connectivity index (χ4v) is 2.81. The second kappa shape index (κ2) is 7.01. The number of halogens is 1. The van der Waals surface area contributed by atoms with Gasteiger partial charge in [-0.15, -0.1) is 0 Å². The van der Waals surface area contributed by atoms with E-state index >= 15 is 0 Å². The number of carbonyl (C=O) groups is 2. The van der Waals surface area contributed by atoms with Crippen LogP contribution in [0, 0.1) is 12.8 Å². The number of hydrogen-bond donors (Lipinski definition) is 0. The largest absolute Gasteiger partial charge is 0.426 e. The van der Waals surface area contributed by atoms with Crippen molar-refractivity contribution in [2.45, 2.75) is 19.9 Å². The molecule has 0 N–H and O–H groups in total. The number of ether oxygens (including phenoxy) is 1. The zero-order valence-electron chi connectivity index (χ0n) is 13.2. The summed E-state index contributed by atoms with van der Waals surface area (Å²) in [5, 5.41) is 0.502.